The van der Waals surface area contributed by atoms with Gasteiger partial charge in [-0.1, -0.05) is 17.7 Å². The maximum Gasteiger partial charge on any atom is 0.313 e. The van der Waals surface area contributed by atoms with Gasteiger partial charge in [0, 0.05) is 11.4 Å². The number of fused-ring (bicyclic) bond motifs is 3. The van der Waals surface area contributed by atoms with Crippen molar-refractivity contribution in [3.63, 3.8) is 0 Å². The van der Waals surface area contributed by atoms with Crippen LogP contribution in [0.25, 0.3) is 10.2 Å². The van der Waals surface area contributed by atoms with Gasteiger partial charge in [-0.05, 0) is 64.2 Å². The fourth-order valence-corrected chi connectivity index (χ4v) is 5.52. The molecule has 1 aliphatic carbocycles. The number of thiophene rings is 1. The first-order valence-electron chi connectivity index (χ1n) is 10.9. The van der Waals surface area contributed by atoms with Crippen LogP contribution in [0.3, 0.4) is 0 Å². The lowest BCUT2D eigenvalue weighted by Crippen LogP contribution is -2.27. The molecule has 1 aliphatic rings. The predicted molar refractivity (Wildman–Crippen MR) is 122 cm³/mol. The predicted octanol–water partition coefficient (Wildman–Crippen LogP) is 4.53. The van der Waals surface area contributed by atoms with Crippen LogP contribution in [0, 0.1) is 13.8 Å². The molecule has 0 fully saturated rings. The summed E-state index contributed by atoms with van der Waals surface area (Å²) in [4.78, 5) is 32.6. The minimum atomic E-state index is -0.368. The van der Waals surface area contributed by atoms with E-state index in [0.717, 1.165) is 40.3 Å². The summed E-state index contributed by atoms with van der Waals surface area (Å²) < 4.78 is 12.8. The maximum absolute atomic E-state index is 13.4. The van der Waals surface area contributed by atoms with Gasteiger partial charge in [0.25, 0.3) is 5.56 Å². The van der Waals surface area contributed by atoms with E-state index in [1.54, 1.807) is 15.9 Å². The van der Waals surface area contributed by atoms with Crippen LogP contribution in [0.4, 0.5) is 0 Å². The van der Waals surface area contributed by atoms with E-state index < -0.39 is 0 Å². The molecule has 0 saturated carbocycles. The topological polar surface area (TPSA) is 70.4 Å². The second-order valence-electron chi connectivity index (χ2n) is 7.95. The normalized spacial score (nSPS) is 15.6. The molecule has 2 heterocycles. The number of esters is 1. The largest absolute Gasteiger partial charge is 0.494 e. The van der Waals surface area contributed by atoms with E-state index >= 15 is 0 Å². The summed E-state index contributed by atoms with van der Waals surface area (Å²) in [6, 6.07) is 7.93. The number of nitrogens with zero attached hydrogens (tertiary/aromatic N) is 2. The lowest BCUT2D eigenvalue weighted by Gasteiger charge is -2.21. The summed E-state index contributed by atoms with van der Waals surface area (Å²) in [7, 11) is 0. The summed E-state index contributed by atoms with van der Waals surface area (Å²) in [5.41, 5.74) is 1.98. The van der Waals surface area contributed by atoms with E-state index in [2.05, 4.69) is 0 Å². The Morgan fingerprint density at radius 1 is 1.26 bits per heavy atom. The van der Waals surface area contributed by atoms with Crippen LogP contribution < -0.4 is 10.3 Å². The van der Waals surface area contributed by atoms with Crippen LogP contribution in [-0.2, 0) is 22.5 Å². The monoisotopic (exact) mass is 440 g/mol. The quantitative estimate of drug-likeness (QED) is 0.399. The van der Waals surface area contributed by atoms with Crippen LogP contribution in [0.5, 0.6) is 5.75 Å². The zero-order chi connectivity index (χ0) is 22.0. The fraction of sp³-hybridized carbons (Fsp3) is 0.458. The molecule has 1 unspecified atom stereocenters. The average Bonchev–Trinajstić information content (AvgIpc) is 3.12. The summed E-state index contributed by atoms with van der Waals surface area (Å²) in [5.74, 6) is 0.917. The number of rotatable bonds is 7. The smallest absolute Gasteiger partial charge is 0.313 e. The Morgan fingerprint density at radius 2 is 2.03 bits per heavy atom. The van der Waals surface area contributed by atoms with Crippen molar-refractivity contribution in [3.8, 4) is 5.75 Å². The van der Waals surface area contributed by atoms with Gasteiger partial charge >= 0.3 is 5.97 Å². The lowest BCUT2D eigenvalue weighted by molar-refractivity contribution is -0.145. The van der Waals surface area contributed by atoms with Crippen molar-refractivity contribution in [1.82, 2.24) is 9.55 Å². The minimum absolute atomic E-state index is 0.0634. The van der Waals surface area contributed by atoms with Gasteiger partial charge < -0.3 is 9.47 Å². The SMILES string of the molecule is CCOC(=O)C1CCCc2sc3nc(C)n(CCCOc4ccc(C)cc4)c(=O)c3c21. The third-order valence-electron chi connectivity index (χ3n) is 5.75. The Balaban J connectivity index is 1.58. The first-order chi connectivity index (χ1) is 15.0. The summed E-state index contributed by atoms with van der Waals surface area (Å²) >= 11 is 1.55. The molecule has 0 aliphatic heterocycles. The summed E-state index contributed by atoms with van der Waals surface area (Å²) in [6.07, 6.45) is 3.22. The van der Waals surface area contributed by atoms with Gasteiger partial charge in [0.1, 0.15) is 16.4 Å². The third kappa shape index (κ3) is 4.37. The second-order valence-corrected chi connectivity index (χ2v) is 9.03. The fourth-order valence-electron chi connectivity index (χ4n) is 4.21. The van der Waals surface area contributed by atoms with Crippen molar-refractivity contribution in [2.24, 2.45) is 0 Å². The molecule has 6 nitrogen and oxygen atoms in total. The van der Waals surface area contributed by atoms with E-state index in [9.17, 15) is 9.59 Å². The van der Waals surface area contributed by atoms with Crippen molar-refractivity contribution in [3.05, 3.63) is 56.4 Å². The molecule has 164 valence electrons. The second kappa shape index (κ2) is 9.22. The van der Waals surface area contributed by atoms with E-state index in [1.807, 2.05) is 45.0 Å². The van der Waals surface area contributed by atoms with Crippen molar-refractivity contribution >= 4 is 27.5 Å². The van der Waals surface area contributed by atoms with Crippen molar-refractivity contribution in [2.45, 2.75) is 58.9 Å². The van der Waals surface area contributed by atoms with Gasteiger partial charge in [-0.15, -0.1) is 11.3 Å². The number of carbonyl (C=O) groups excluding carboxylic acids is 1. The van der Waals surface area contributed by atoms with E-state index in [-0.39, 0.29) is 17.4 Å². The number of hydrogen-bond donors (Lipinski definition) is 0. The Labute approximate surface area is 185 Å². The molecule has 2 aromatic heterocycles. The summed E-state index contributed by atoms with van der Waals surface area (Å²) in [5, 5.41) is 0.600. The molecule has 0 radical (unpaired) electrons. The number of carbonyl (C=O) groups is 1. The highest BCUT2D eigenvalue weighted by molar-refractivity contribution is 7.18. The van der Waals surface area contributed by atoms with Gasteiger partial charge in [-0.3, -0.25) is 14.2 Å². The van der Waals surface area contributed by atoms with Crippen LogP contribution in [-0.4, -0.2) is 28.7 Å². The molecule has 7 heteroatoms. The first kappa shape index (κ1) is 21.6. The summed E-state index contributed by atoms with van der Waals surface area (Å²) in [6.45, 7) is 7.09. The highest BCUT2D eigenvalue weighted by Crippen LogP contribution is 2.41. The molecule has 4 rings (SSSR count). The Kier molecular flexibility index (Phi) is 6.41. The van der Waals surface area contributed by atoms with Crippen LogP contribution in [0.2, 0.25) is 0 Å². The van der Waals surface area contributed by atoms with Crippen molar-refractivity contribution < 1.29 is 14.3 Å². The molecule has 0 amide bonds. The van der Waals surface area contributed by atoms with Gasteiger partial charge in [0.15, 0.2) is 0 Å². The number of aryl methyl sites for hydroxylation is 3. The molecule has 3 aromatic rings. The van der Waals surface area contributed by atoms with Gasteiger partial charge in [0.2, 0.25) is 0 Å². The average molecular weight is 441 g/mol. The molecule has 0 saturated heterocycles. The standard InChI is InChI=1S/C24H28N2O4S/c1-4-29-24(28)18-7-5-8-19-20(18)21-22(31-19)25-16(3)26(23(21)27)13-6-14-30-17-11-9-15(2)10-12-17/h9-12,18H,4-8,13-14H2,1-3H3. The van der Waals surface area contributed by atoms with Crippen molar-refractivity contribution in [1.29, 1.82) is 0 Å². The van der Waals surface area contributed by atoms with Crippen LogP contribution in [0.1, 0.15) is 53.9 Å². The molecule has 0 spiro atoms. The molecular formula is C24H28N2O4S. The number of aromatic nitrogens is 2. The molecule has 31 heavy (non-hydrogen) atoms. The van der Waals surface area contributed by atoms with E-state index in [4.69, 9.17) is 14.5 Å². The minimum Gasteiger partial charge on any atom is -0.494 e. The van der Waals surface area contributed by atoms with E-state index in [1.165, 1.54) is 5.56 Å². The highest BCUT2D eigenvalue weighted by atomic mass is 32.1. The molecule has 0 N–H and O–H groups in total. The lowest BCUT2D eigenvalue weighted by atomic mass is 9.86. The van der Waals surface area contributed by atoms with Gasteiger partial charge in [-0.2, -0.15) is 0 Å². The Hall–Kier alpha value is -2.67. The molecule has 1 aromatic carbocycles. The number of benzene rings is 1. The molecular weight excluding hydrogens is 412 g/mol. The number of ether oxygens (including phenoxy) is 2. The van der Waals surface area contributed by atoms with Gasteiger partial charge in [-0.25, -0.2) is 4.98 Å². The zero-order valence-electron chi connectivity index (χ0n) is 18.3. The molecule has 1 atom stereocenters. The van der Waals surface area contributed by atoms with Crippen LogP contribution in [0.15, 0.2) is 29.1 Å². The molecule has 0 bridgehead atoms. The van der Waals surface area contributed by atoms with Gasteiger partial charge in [0.05, 0.1) is 24.5 Å². The maximum atomic E-state index is 13.4. The number of hydrogen-bond acceptors (Lipinski definition) is 6. The van der Waals surface area contributed by atoms with Crippen LogP contribution >= 0.6 is 11.3 Å². The highest BCUT2D eigenvalue weighted by Gasteiger charge is 2.33. The third-order valence-corrected chi connectivity index (χ3v) is 6.91. The van der Waals surface area contributed by atoms with E-state index in [0.29, 0.717) is 37.4 Å². The van der Waals surface area contributed by atoms with Crippen molar-refractivity contribution in [2.75, 3.05) is 13.2 Å². The zero-order valence-corrected chi connectivity index (χ0v) is 19.1. The Morgan fingerprint density at radius 3 is 2.77 bits per heavy atom. The first-order valence-corrected chi connectivity index (χ1v) is 11.7. The Bertz CT molecular complexity index is 1150.